The Bertz CT molecular complexity index is 203. The van der Waals surface area contributed by atoms with Gasteiger partial charge in [-0.15, -0.1) is 0 Å². The van der Waals surface area contributed by atoms with Crippen molar-refractivity contribution in [2.75, 3.05) is 6.54 Å². The maximum Gasteiger partial charge on any atom is 0.225 e. The molecule has 1 aliphatic heterocycles. The first-order chi connectivity index (χ1) is 6.50. The molecule has 1 amide bonds. The van der Waals surface area contributed by atoms with E-state index >= 15 is 0 Å². The predicted octanol–water partition coefficient (Wildman–Crippen LogP) is 1.40. The van der Waals surface area contributed by atoms with Gasteiger partial charge in [0.25, 0.3) is 0 Å². The number of rotatable bonds is 4. The number of β-amino-alcohol motifs (C(OH)–C–C–N with tert-alkyl or cyclic N) is 1. The fourth-order valence-corrected chi connectivity index (χ4v) is 1.87. The molecule has 1 aliphatic rings. The molecule has 0 saturated carbocycles. The number of aliphatic hydroxyl groups excluding tert-OH is 1. The van der Waals surface area contributed by atoms with Crippen molar-refractivity contribution in [1.29, 1.82) is 0 Å². The van der Waals surface area contributed by atoms with E-state index in [4.69, 9.17) is 0 Å². The summed E-state index contributed by atoms with van der Waals surface area (Å²) in [6, 6.07) is 0.280. The standard InChI is InChI=1S/C11H21NO2/c1-8(2)4-5-9(3)12-7-10(13)6-11(12)14/h8-10,13H,4-7H2,1-3H3. The van der Waals surface area contributed by atoms with Crippen molar-refractivity contribution in [3.05, 3.63) is 0 Å². The molecule has 82 valence electrons. The Morgan fingerprint density at radius 1 is 1.43 bits per heavy atom. The molecule has 1 heterocycles. The van der Waals surface area contributed by atoms with Crippen molar-refractivity contribution in [1.82, 2.24) is 4.90 Å². The molecule has 1 rings (SSSR count). The lowest BCUT2D eigenvalue weighted by Crippen LogP contribution is -2.35. The van der Waals surface area contributed by atoms with Crippen molar-refractivity contribution in [3.63, 3.8) is 0 Å². The number of nitrogens with zero attached hydrogens (tertiary/aromatic N) is 1. The normalized spacial score (nSPS) is 24.8. The minimum absolute atomic E-state index is 0.105. The maximum absolute atomic E-state index is 11.4. The van der Waals surface area contributed by atoms with Crippen LogP contribution in [0.4, 0.5) is 0 Å². The summed E-state index contributed by atoms with van der Waals surface area (Å²) in [5.74, 6) is 0.786. The molecular weight excluding hydrogens is 178 g/mol. The van der Waals surface area contributed by atoms with E-state index in [2.05, 4.69) is 20.8 Å². The molecule has 2 atom stereocenters. The number of hydrogen-bond acceptors (Lipinski definition) is 2. The second-order valence-corrected chi connectivity index (χ2v) is 4.72. The molecule has 1 saturated heterocycles. The summed E-state index contributed by atoms with van der Waals surface area (Å²) in [6.07, 6.45) is 2.05. The summed E-state index contributed by atoms with van der Waals surface area (Å²) in [5.41, 5.74) is 0. The van der Waals surface area contributed by atoms with Gasteiger partial charge in [-0.2, -0.15) is 0 Å². The van der Waals surface area contributed by atoms with Gasteiger partial charge in [-0.1, -0.05) is 13.8 Å². The number of carbonyl (C=O) groups is 1. The van der Waals surface area contributed by atoms with Gasteiger partial charge in [-0.3, -0.25) is 4.79 Å². The summed E-state index contributed by atoms with van der Waals surface area (Å²) < 4.78 is 0. The number of aliphatic hydroxyl groups is 1. The molecule has 14 heavy (non-hydrogen) atoms. The molecule has 0 spiro atoms. The number of amides is 1. The highest BCUT2D eigenvalue weighted by Gasteiger charge is 2.30. The van der Waals surface area contributed by atoms with Gasteiger partial charge in [-0.25, -0.2) is 0 Å². The molecule has 1 N–H and O–H groups in total. The molecule has 2 unspecified atom stereocenters. The van der Waals surface area contributed by atoms with Crippen molar-refractivity contribution < 1.29 is 9.90 Å². The summed E-state index contributed by atoms with van der Waals surface area (Å²) in [5, 5.41) is 9.33. The lowest BCUT2D eigenvalue weighted by molar-refractivity contribution is -0.129. The largest absolute Gasteiger partial charge is 0.391 e. The Morgan fingerprint density at radius 2 is 2.07 bits per heavy atom. The lowest BCUT2D eigenvalue weighted by atomic mass is 10.0. The van der Waals surface area contributed by atoms with Crippen molar-refractivity contribution in [3.8, 4) is 0 Å². The summed E-state index contributed by atoms with van der Waals surface area (Å²) in [6.45, 7) is 6.97. The zero-order valence-electron chi connectivity index (χ0n) is 9.36. The third-order valence-electron chi connectivity index (χ3n) is 2.83. The number of hydrogen-bond donors (Lipinski definition) is 1. The van der Waals surface area contributed by atoms with Gasteiger partial charge in [0.05, 0.1) is 12.5 Å². The van der Waals surface area contributed by atoms with E-state index in [1.165, 1.54) is 0 Å². The van der Waals surface area contributed by atoms with Crippen molar-refractivity contribution in [2.45, 2.75) is 52.2 Å². The summed E-state index contributed by atoms with van der Waals surface area (Å²) >= 11 is 0. The molecule has 0 aliphatic carbocycles. The van der Waals surface area contributed by atoms with Gasteiger partial charge >= 0.3 is 0 Å². The maximum atomic E-state index is 11.4. The molecule has 0 aromatic rings. The van der Waals surface area contributed by atoms with Crippen LogP contribution in [0.3, 0.4) is 0 Å². The first-order valence-electron chi connectivity index (χ1n) is 5.48. The highest BCUT2D eigenvalue weighted by molar-refractivity contribution is 5.79. The lowest BCUT2D eigenvalue weighted by Gasteiger charge is -2.24. The second-order valence-electron chi connectivity index (χ2n) is 4.72. The minimum atomic E-state index is -0.441. The highest BCUT2D eigenvalue weighted by Crippen LogP contribution is 2.18. The van der Waals surface area contributed by atoms with Crippen molar-refractivity contribution in [2.24, 2.45) is 5.92 Å². The topological polar surface area (TPSA) is 40.5 Å². The Kier molecular flexibility index (Phi) is 3.93. The van der Waals surface area contributed by atoms with Crippen LogP contribution < -0.4 is 0 Å². The van der Waals surface area contributed by atoms with E-state index in [1.54, 1.807) is 0 Å². The smallest absolute Gasteiger partial charge is 0.225 e. The van der Waals surface area contributed by atoms with E-state index in [1.807, 2.05) is 4.90 Å². The number of likely N-dealkylation sites (tertiary alicyclic amines) is 1. The van der Waals surface area contributed by atoms with E-state index in [0.717, 1.165) is 12.8 Å². The third-order valence-corrected chi connectivity index (χ3v) is 2.83. The van der Waals surface area contributed by atoms with Crippen LogP contribution in [-0.4, -0.2) is 34.6 Å². The SMILES string of the molecule is CC(C)CCC(C)N1CC(O)CC1=O. The minimum Gasteiger partial charge on any atom is -0.391 e. The fourth-order valence-electron chi connectivity index (χ4n) is 1.87. The van der Waals surface area contributed by atoms with Crippen LogP contribution in [0.1, 0.15) is 40.0 Å². The van der Waals surface area contributed by atoms with E-state index in [0.29, 0.717) is 18.9 Å². The summed E-state index contributed by atoms with van der Waals surface area (Å²) in [7, 11) is 0. The monoisotopic (exact) mass is 199 g/mol. The fraction of sp³-hybridized carbons (Fsp3) is 0.909. The Morgan fingerprint density at radius 3 is 2.50 bits per heavy atom. The average molecular weight is 199 g/mol. The second kappa shape index (κ2) is 4.78. The van der Waals surface area contributed by atoms with Gasteiger partial charge in [0, 0.05) is 12.6 Å². The van der Waals surface area contributed by atoms with Crippen LogP contribution in [-0.2, 0) is 4.79 Å². The molecule has 0 radical (unpaired) electrons. The third kappa shape index (κ3) is 2.98. The Labute approximate surface area is 86.1 Å². The van der Waals surface area contributed by atoms with Crippen LogP contribution in [0.5, 0.6) is 0 Å². The Balaban J connectivity index is 2.37. The molecule has 0 aromatic heterocycles. The van der Waals surface area contributed by atoms with E-state index < -0.39 is 6.10 Å². The zero-order chi connectivity index (χ0) is 10.7. The molecule has 0 bridgehead atoms. The summed E-state index contributed by atoms with van der Waals surface area (Å²) in [4.78, 5) is 13.2. The van der Waals surface area contributed by atoms with Gasteiger partial charge in [0.2, 0.25) is 5.91 Å². The molecule has 0 aromatic carbocycles. The van der Waals surface area contributed by atoms with Gasteiger partial charge in [0.15, 0.2) is 0 Å². The van der Waals surface area contributed by atoms with Crippen LogP contribution in [0.25, 0.3) is 0 Å². The van der Waals surface area contributed by atoms with Crippen LogP contribution in [0.15, 0.2) is 0 Å². The van der Waals surface area contributed by atoms with Crippen LogP contribution in [0, 0.1) is 5.92 Å². The van der Waals surface area contributed by atoms with Gasteiger partial charge < -0.3 is 10.0 Å². The quantitative estimate of drug-likeness (QED) is 0.743. The van der Waals surface area contributed by atoms with E-state index in [9.17, 15) is 9.90 Å². The van der Waals surface area contributed by atoms with Crippen LogP contribution >= 0.6 is 0 Å². The predicted molar refractivity (Wildman–Crippen MR) is 55.9 cm³/mol. The van der Waals surface area contributed by atoms with E-state index in [-0.39, 0.29) is 11.9 Å². The highest BCUT2D eigenvalue weighted by atomic mass is 16.3. The molecular formula is C11H21NO2. The zero-order valence-corrected chi connectivity index (χ0v) is 9.36. The van der Waals surface area contributed by atoms with Gasteiger partial charge in [-0.05, 0) is 25.7 Å². The van der Waals surface area contributed by atoms with Crippen LogP contribution in [0.2, 0.25) is 0 Å². The molecule has 1 fully saturated rings. The number of carbonyl (C=O) groups excluding carboxylic acids is 1. The van der Waals surface area contributed by atoms with Crippen molar-refractivity contribution >= 4 is 5.91 Å². The first kappa shape index (κ1) is 11.5. The Hall–Kier alpha value is -0.570. The molecule has 3 nitrogen and oxygen atoms in total. The van der Waals surface area contributed by atoms with Gasteiger partial charge in [0.1, 0.15) is 0 Å². The first-order valence-corrected chi connectivity index (χ1v) is 5.48. The molecule has 3 heteroatoms. The average Bonchev–Trinajstić information content (AvgIpc) is 2.41.